The lowest BCUT2D eigenvalue weighted by Crippen LogP contribution is -2.43. The van der Waals surface area contributed by atoms with Crippen LogP contribution >= 0.6 is 0 Å². The van der Waals surface area contributed by atoms with E-state index in [2.05, 4.69) is 20.1 Å². The molecule has 134 valence electrons. The van der Waals surface area contributed by atoms with Crippen LogP contribution in [0, 0.1) is 5.92 Å². The van der Waals surface area contributed by atoms with Gasteiger partial charge in [-0.15, -0.1) is 0 Å². The first-order chi connectivity index (χ1) is 12.8. The molecule has 2 fully saturated rings. The number of aromatic amines is 1. The van der Waals surface area contributed by atoms with Crippen LogP contribution in [-0.4, -0.2) is 44.0 Å². The topological polar surface area (TPSA) is 87.9 Å². The molecule has 1 amide bonds. The van der Waals surface area contributed by atoms with Gasteiger partial charge in [-0.2, -0.15) is 4.98 Å². The van der Waals surface area contributed by atoms with Gasteiger partial charge in [-0.05, 0) is 43.4 Å². The SMILES string of the molecule is O=C1CCC(c2noc(-c3ccc4nc[nH]c4c3)n2)CN1CC1CCC1. The van der Waals surface area contributed by atoms with Crippen molar-refractivity contribution in [2.75, 3.05) is 13.1 Å². The molecule has 1 saturated carbocycles. The van der Waals surface area contributed by atoms with E-state index >= 15 is 0 Å². The van der Waals surface area contributed by atoms with Gasteiger partial charge in [0.15, 0.2) is 5.82 Å². The fraction of sp³-hybridized carbons (Fsp3) is 0.474. The zero-order chi connectivity index (χ0) is 17.5. The van der Waals surface area contributed by atoms with Crippen molar-refractivity contribution >= 4 is 16.9 Å². The summed E-state index contributed by atoms with van der Waals surface area (Å²) in [5.41, 5.74) is 2.72. The predicted molar refractivity (Wildman–Crippen MR) is 95.3 cm³/mol. The van der Waals surface area contributed by atoms with Crippen molar-refractivity contribution in [3.63, 3.8) is 0 Å². The zero-order valence-corrected chi connectivity index (χ0v) is 14.5. The summed E-state index contributed by atoms with van der Waals surface area (Å²) in [7, 11) is 0. The molecule has 1 aromatic carbocycles. The van der Waals surface area contributed by atoms with E-state index in [1.165, 1.54) is 19.3 Å². The van der Waals surface area contributed by atoms with E-state index in [4.69, 9.17) is 4.52 Å². The minimum absolute atomic E-state index is 0.154. The van der Waals surface area contributed by atoms with Crippen LogP contribution in [0.25, 0.3) is 22.5 Å². The summed E-state index contributed by atoms with van der Waals surface area (Å²) in [6.45, 7) is 1.59. The normalized spacial score (nSPS) is 21.3. The van der Waals surface area contributed by atoms with Crippen LogP contribution in [0.3, 0.4) is 0 Å². The molecule has 0 bridgehead atoms. The largest absolute Gasteiger partial charge is 0.345 e. The first kappa shape index (κ1) is 15.5. The van der Waals surface area contributed by atoms with Crippen LogP contribution in [0.15, 0.2) is 29.0 Å². The summed E-state index contributed by atoms with van der Waals surface area (Å²) in [5.74, 6) is 2.32. The van der Waals surface area contributed by atoms with E-state index in [1.54, 1.807) is 6.33 Å². The average Bonchev–Trinajstić information content (AvgIpc) is 3.28. The van der Waals surface area contributed by atoms with Gasteiger partial charge in [0.25, 0.3) is 5.89 Å². The maximum atomic E-state index is 12.2. The van der Waals surface area contributed by atoms with Gasteiger partial charge in [0.1, 0.15) is 0 Å². The number of amides is 1. The van der Waals surface area contributed by atoms with Crippen molar-refractivity contribution in [3.05, 3.63) is 30.4 Å². The van der Waals surface area contributed by atoms with Crippen LogP contribution < -0.4 is 0 Å². The molecule has 1 saturated heterocycles. The highest BCUT2D eigenvalue weighted by Crippen LogP contribution is 2.32. The Morgan fingerprint density at radius 2 is 2.19 bits per heavy atom. The maximum absolute atomic E-state index is 12.2. The monoisotopic (exact) mass is 351 g/mol. The Morgan fingerprint density at radius 1 is 1.27 bits per heavy atom. The molecule has 2 aliphatic rings. The molecule has 1 aliphatic heterocycles. The van der Waals surface area contributed by atoms with Crippen molar-refractivity contribution in [1.29, 1.82) is 0 Å². The molecule has 2 aromatic heterocycles. The number of fused-ring (bicyclic) bond motifs is 1. The molecule has 1 N–H and O–H groups in total. The Balaban J connectivity index is 1.34. The summed E-state index contributed by atoms with van der Waals surface area (Å²) in [6.07, 6.45) is 6.82. The molecule has 7 heteroatoms. The number of nitrogens with one attached hydrogen (secondary N) is 1. The highest BCUT2D eigenvalue weighted by atomic mass is 16.5. The number of rotatable bonds is 4. The Morgan fingerprint density at radius 3 is 3.04 bits per heavy atom. The van der Waals surface area contributed by atoms with Crippen LogP contribution in [0.4, 0.5) is 0 Å². The van der Waals surface area contributed by atoms with Gasteiger partial charge in [-0.25, -0.2) is 4.98 Å². The van der Waals surface area contributed by atoms with Gasteiger partial charge in [0.2, 0.25) is 5.91 Å². The van der Waals surface area contributed by atoms with Crippen molar-refractivity contribution in [2.24, 2.45) is 5.92 Å². The van der Waals surface area contributed by atoms with Crippen LogP contribution in [0.2, 0.25) is 0 Å². The van der Waals surface area contributed by atoms with Crippen LogP contribution in [0.1, 0.15) is 43.8 Å². The highest BCUT2D eigenvalue weighted by molar-refractivity contribution is 5.79. The third kappa shape index (κ3) is 2.77. The quantitative estimate of drug-likeness (QED) is 0.780. The number of benzene rings is 1. The number of carbonyl (C=O) groups excluding carboxylic acids is 1. The summed E-state index contributed by atoms with van der Waals surface area (Å²) in [6, 6.07) is 5.84. The summed E-state index contributed by atoms with van der Waals surface area (Å²) in [5, 5.41) is 4.21. The van der Waals surface area contributed by atoms with Gasteiger partial charge >= 0.3 is 0 Å². The molecule has 3 heterocycles. The van der Waals surface area contributed by atoms with E-state index in [0.717, 1.165) is 29.6 Å². The third-order valence-electron chi connectivity index (χ3n) is 5.68. The number of aromatic nitrogens is 4. The smallest absolute Gasteiger partial charge is 0.258 e. The second kappa shape index (κ2) is 6.23. The predicted octanol–water partition coefficient (Wildman–Crippen LogP) is 3.12. The molecule has 1 unspecified atom stereocenters. The third-order valence-corrected chi connectivity index (χ3v) is 5.68. The van der Waals surface area contributed by atoms with E-state index in [0.29, 0.717) is 30.6 Å². The number of likely N-dealkylation sites (tertiary alicyclic amines) is 1. The molecule has 26 heavy (non-hydrogen) atoms. The zero-order valence-electron chi connectivity index (χ0n) is 14.5. The Labute approximate surface area is 150 Å². The molecule has 1 aliphatic carbocycles. The lowest BCUT2D eigenvalue weighted by atomic mass is 9.84. The number of hydrogen-bond acceptors (Lipinski definition) is 5. The Hall–Kier alpha value is -2.70. The molecule has 3 aromatic rings. The summed E-state index contributed by atoms with van der Waals surface area (Å²) < 4.78 is 5.51. The molecule has 0 radical (unpaired) electrons. The van der Waals surface area contributed by atoms with Crippen molar-refractivity contribution in [3.8, 4) is 11.5 Å². The molecular formula is C19H21N5O2. The van der Waals surface area contributed by atoms with Crippen LogP contribution in [0.5, 0.6) is 0 Å². The minimum atomic E-state index is 0.154. The number of piperidine rings is 1. The van der Waals surface area contributed by atoms with Gasteiger partial charge in [0, 0.05) is 31.0 Å². The van der Waals surface area contributed by atoms with E-state index in [-0.39, 0.29) is 11.8 Å². The molecule has 7 nitrogen and oxygen atoms in total. The number of hydrogen-bond donors (Lipinski definition) is 1. The molecule has 0 spiro atoms. The fourth-order valence-corrected chi connectivity index (χ4v) is 3.88. The van der Waals surface area contributed by atoms with E-state index < -0.39 is 0 Å². The average molecular weight is 351 g/mol. The minimum Gasteiger partial charge on any atom is -0.345 e. The Kier molecular flexibility index (Phi) is 3.72. The molecule has 1 atom stereocenters. The second-order valence-corrected chi connectivity index (χ2v) is 7.42. The van der Waals surface area contributed by atoms with Gasteiger partial charge in [-0.1, -0.05) is 11.6 Å². The summed E-state index contributed by atoms with van der Waals surface area (Å²) >= 11 is 0. The number of imidazole rings is 1. The first-order valence-electron chi connectivity index (χ1n) is 9.31. The van der Waals surface area contributed by atoms with Gasteiger partial charge in [-0.3, -0.25) is 4.79 Å². The standard InChI is InChI=1S/C19H21N5O2/c25-17-7-5-14(10-24(17)9-12-2-1-3-12)18-22-19(26-23-18)13-4-6-15-16(8-13)21-11-20-15/h4,6,8,11-12,14H,1-3,5,7,9-10H2,(H,20,21). The number of H-pyrrole nitrogens is 1. The molecule has 5 rings (SSSR count). The lowest BCUT2D eigenvalue weighted by molar-refractivity contribution is -0.135. The lowest BCUT2D eigenvalue weighted by Gasteiger charge is -2.36. The highest BCUT2D eigenvalue weighted by Gasteiger charge is 2.32. The van der Waals surface area contributed by atoms with Crippen molar-refractivity contribution in [2.45, 2.75) is 38.0 Å². The van der Waals surface area contributed by atoms with E-state index in [1.807, 2.05) is 23.1 Å². The second-order valence-electron chi connectivity index (χ2n) is 7.42. The first-order valence-corrected chi connectivity index (χ1v) is 9.31. The number of carbonyl (C=O) groups is 1. The fourth-order valence-electron chi connectivity index (χ4n) is 3.88. The van der Waals surface area contributed by atoms with Crippen molar-refractivity contribution in [1.82, 2.24) is 25.0 Å². The molecular weight excluding hydrogens is 330 g/mol. The van der Waals surface area contributed by atoms with Gasteiger partial charge in [0.05, 0.1) is 17.4 Å². The summed E-state index contributed by atoms with van der Waals surface area (Å²) in [4.78, 5) is 26.2. The number of nitrogens with zero attached hydrogens (tertiary/aromatic N) is 4. The Bertz CT molecular complexity index is 942. The van der Waals surface area contributed by atoms with Crippen molar-refractivity contribution < 1.29 is 9.32 Å². The van der Waals surface area contributed by atoms with Gasteiger partial charge < -0.3 is 14.4 Å². The van der Waals surface area contributed by atoms with E-state index in [9.17, 15) is 4.79 Å². The van der Waals surface area contributed by atoms with Crippen LogP contribution in [-0.2, 0) is 4.79 Å². The maximum Gasteiger partial charge on any atom is 0.258 e.